The minimum absolute atomic E-state index is 0.317. The van der Waals surface area contributed by atoms with E-state index in [0.29, 0.717) is 13.2 Å². The normalized spacial score (nSPS) is 36.3. The van der Waals surface area contributed by atoms with Crippen molar-refractivity contribution in [1.29, 1.82) is 0 Å². The number of hydrogen-bond donors (Lipinski definition) is 1. The quantitative estimate of drug-likeness (QED) is 0.814. The third-order valence-corrected chi connectivity index (χ3v) is 3.42. The summed E-state index contributed by atoms with van der Waals surface area (Å²) in [5.41, 5.74) is 0. The van der Waals surface area contributed by atoms with Gasteiger partial charge in [-0.2, -0.15) is 0 Å². The molecule has 4 atom stereocenters. The Hall–Kier alpha value is -0.240. The molecule has 0 spiro atoms. The molecule has 4 unspecified atom stereocenters. The van der Waals surface area contributed by atoms with Gasteiger partial charge in [-0.15, -0.1) is 0 Å². The molecule has 0 aromatic rings. The minimum Gasteiger partial charge on any atom is -0.387 e. The molecule has 0 saturated carbocycles. The summed E-state index contributed by atoms with van der Waals surface area (Å²) < 4.78 is 27.7. The maximum Gasteiger partial charge on any atom is 0.163 e. The van der Waals surface area contributed by atoms with E-state index in [1.165, 1.54) is 0 Å². The van der Waals surface area contributed by atoms with E-state index in [-0.39, 0.29) is 6.10 Å². The number of rotatable bonds is 4. The predicted octanol–water partition coefficient (Wildman–Crippen LogP) is 0.665. The summed E-state index contributed by atoms with van der Waals surface area (Å²) in [6, 6.07) is 0. The van der Waals surface area contributed by atoms with E-state index in [0.717, 1.165) is 0 Å². The van der Waals surface area contributed by atoms with Gasteiger partial charge >= 0.3 is 0 Å². The Morgan fingerprint density at radius 2 is 1.47 bits per heavy atom. The molecule has 19 heavy (non-hydrogen) atoms. The molecule has 2 fully saturated rings. The van der Waals surface area contributed by atoms with Crippen LogP contribution >= 0.6 is 0 Å². The van der Waals surface area contributed by atoms with Gasteiger partial charge in [-0.25, -0.2) is 0 Å². The number of aliphatic hydroxyl groups excluding tert-OH is 1. The second kappa shape index (κ2) is 5.27. The van der Waals surface area contributed by atoms with Gasteiger partial charge in [-0.3, -0.25) is 0 Å². The van der Waals surface area contributed by atoms with Gasteiger partial charge < -0.3 is 28.8 Å². The minimum atomic E-state index is -0.825. The van der Waals surface area contributed by atoms with Gasteiger partial charge in [-0.1, -0.05) is 0 Å². The maximum atomic E-state index is 10.4. The fourth-order valence-corrected chi connectivity index (χ4v) is 2.48. The van der Waals surface area contributed by atoms with Crippen molar-refractivity contribution in [2.24, 2.45) is 0 Å². The number of ether oxygens (including phenoxy) is 5. The molecule has 0 amide bonds. The molecule has 2 heterocycles. The second-order valence-electron chi connectivity index (χ2n) is 5.93. The van der Waals surface area contributed by atoms with Gasteiger partial charge in [0.05, 0.1) is 13.2 Å². The molecule has 0 bridgehead atoms. The summed E-state index contributed by atoms with van der Waals surface area (Å²) >= 11 is 0. The van der Waals surface area contributed by atoms with Crippen LogP contribution in [0.15, 0.2) is 0 Å². The topological polar surface area (TPSA) is 66.4 Å². The number of hydrogen-bond acceptors (Lipinski definition) is 6. The molecular formula is C13H24O6. The lowest BCUT2D eigenvalue weighted by molar-refractivity contribution is -0.188. The lowest BCUT2D eigenvalue weighted by Gasteiger charge is -2.30. The molecule has 2 saturated heterocycles. The Balaban J connectivity index is 1.98. The molecule has 1 N–H and O–H groups in total. The van der Waals surface area contributed by atoms with E-state index in [1.807, 2.05) is 27.7 Å². The van der Waals surface area contributed by atoms with Crippen molar-refractivity contribution in [2.75, 3.05) is 20.3 Å². The summed E-state index contributed by atoms with van der Waals surface area (Å²) in [5.74, 6) is -1.32. The molecule has 0 aromatic carbocycles. The van der Waals surface area contributed by atoms with Gasteiger partial charge in [0.25, 0.3) is 0 Å². The fraction of sp³-hybridized carbons (Fsp3) is 1.00. The summed E-state index contributed by atoms with van der Waals surface area (Å²) in [6.45, 7) is 8.04. The molecule has 0 aromatic heterocycles. The van der Waals surface area contributed by atoms with Crippen molar-refractivity contribution in [3.8, 4) is 0 Å². The first-order valence-electron chi connectivity index (χ1n) is 6.58. The second-order valence-corrected chi connectivity index (χ2v) is 5.93. The number of aliphatic hydroxyl groups is 1. The molecule has 0 radical (unpaired) electrons. The monoisotopic (exact) mass is 276 g/mol. The average Bonchev–Trinajstić information content (AvgIpc) is 2.82. The van der Waals surface area contributed by atoms with Crippen molar-refractivity contribution in [2.45, 2.75) is 63.7 Å². The first-order chi connectivity index (χ1) is 8.74. The zero-order valence-corrected chi connectivity index (χ0v) is 12.2. The van der Waals surface area contributed by atoms with Gasteiger partial charge in [0, 0.05) is 7.11 Å². The highest BCUT2D eigenvalue weighted by Gasteiger charge is 2.46. The van der Waals surface area contributed by atoms with Crippen molar-refractivity contribution in [1.82, 2.24) is 0 Å². The summed E-state index contributed by atoms with van der Waals surface area (Å²) in [5, 5.41) is 10.4. The van der Waals surface area contributed by atoms with Crippen LogP contribution in [0.3, 0.4) is 0 Å². The molecule has 2 aliphatic heterocycles. The van der Waals surface area contributed by atoms with Crippen LogP contribution < -0.4 is 0 Å². The van der Waals surface area contributed by atoms with Crippen LogP contribution in [-0.4, -0.2) is 61.4 Å². The third-order valence-electron chi connectivity index (χ3n) is 3.42. The zero-order chi connectivity index (χ0) is 14.3. The van der Waals surface area contributed by atoms with Crippen LogP contribution in [0.4, 0.5) is 0 Å². The van der Waals surface area contributed by atoms with Crippen molar-refractivity contribution in [3.63, 3.8) is 0 Å². The largest absolute Gasteiger partial charge is 0.387 e. The Kier molecular flexibility index (Phi) is 4.21. The maximum absolute atomic E-state index is 10.4. The third kappa shape index (κ3) is 3.45. The van der Waals surface area contributed by atoms with Crippen LogP contribution in [0.25, 0.3) is 0 Å². The fourth-order valence-electron chi connectivity index (χ4n) is 2.48. The Bertz CT molecular complexity index is 316. The molecule has 6 nitrogen and oxygen atoms in total. The van der Waals surface area contributed by atoms with E-state index in [9.17, 15) is 5.11 Å². The Morgan fingerprint density at radius 3 is 1.84 bits per heavy atom. The highest BCUT2D eigenvalue weighted by Crippen LogP contribution is 2.30. The van der Waals surface area contributed by atoms with E-state index < -0.39 is 29.9 Å². The van der Waals surface area contributed by atoms with E-state index in [1.54, 1.807) is 7.11 Å². The van der Waals surface area contributed by atoms with Crippen LogP contribution in [0.2, 0.25) is 0 Å². The lowest BCUT2D eigenvalue weighted by atomic mass is 10.0. The van der Waals surface area contributed by atoms with Gasteiger partial charge in [-0.05, 0) is 27.7 Å². The standard InChI is InChI=1S/C13H24O6/c1-12(2)16-6-8(18-12)10(14)11(15-5)9-7-17-13(3,4)19-9/h8-11,14H,6-7H2,1-5H3. The molecule has 2 rings (SSSR count). The van der Waals surface area contributed by atoms with Crippen molar-refractivity contribution >= 4 is 0 Å². The molecule has 0 aliphatic carbocycles. The first kappa shape index (κ1) is 15.2. The highest BCUT2D eigenvalue weighted by molar-refractivity contribution is 4.89. The van der Waals surface area contributed by atoms with Crippen LogP contribution in [-0.2, 0) is 23.7 Å². The van der Waals surface area contributed by atoms with Crippen LogP contribution in [0, 0.1) is 0 Å². The van der Waals surface area contributed by atoms with Crippen LogP contribution in [0.1, 0.15) is 27.7 Å². The molecule has 6 heteroatoms. The molecule has 2 aliphatic rings. The Labute approximate surface area is 113 Å². The molecule has 112 valence electrons. The van der Waals surface area contributed by atoms with Crippen LogP contribution in [0.5, 0.6) is 0 Å². The average molecular weight is 276 g/mol. The predicted molar refractivity (Wildman–Crippen MR) is 66.6 cm³/mol. The van der Waals surface area contributed by atoms with Crippen molar-refractivity contribution < 1.29 is 28.8 Å². The first-order valence-corrected chi connectivity index (χ1v) is 6.58. The van der Waals surface area contributed by atoms with Gasteiger partial charge in [0.15, 0.2) is 11.6 Å². The summed E-state index contributed by atoms with van der Waals surface area (Å²) in [6.07, 6.45) is -2.08. The number of methoxy groups -OCH3 is 1. The Morgan fingerprint density at radius 1 is 1.00 bits per heavy atom. The molecular weight excluding hydrogens is 252 g/mol. The van der Waals surface area contributed by atoms with E-state index in [4.69, 9.17) is 23.7 Å². The van der Waals surface area contributed by atoms with E-state index >= 15 is 0 Å². The smallest absolute Gasteiger partial charge is 0.163 e. The zero-order valence-electron chi connectivity index (χ0n) is 12.2. The van der Waals surface area contributed by atoms with Gasteiger partial charge in [0.1, 0.15) is 24.4 Å². The lowest BCUT2D eigenvalue weighted by Crippen LogP contribution is -2.48. The summed E-state index contributed by atoms with van der Waals surface area (Å²) in [4.78, 5) is 0. The van der Waals surface area contributed by atoms with Crippen molar-refractivity contribution in [3.05, 3.63) is 0 Å². The summed E-state index contributed by atoms with van der Waals surface area (Å²) in [7, 11) is 1.55. The van der Waals surface area contributed by atoms with E-state index in [2.05, 4.69) is 0 Å². The van der Waals surface area contributed by atoms with Gasteiger partial charge in [0.2, 0.25) is 0 Å². The highest BCUT2D eigenvalue weighted by atomic mass is 16.8. The SMILES string of the molecule is COC(C1COC(C)(C)O1)C(O)C1COC(C)(C)O1.